The molecule has 2 aliphatic rings. The molecule has 2 saturated heterocycles. The Morgan fingerprint density at radius 3 is 2.56 bits per heavy atom. The molecule has 3 rings (SSSR count). The summed E-state index contributed by atoms with van der Waals surface area (Å²) in [5.41, 5.74) is 7.51. The van der Waals surface area contributed by atoms with Crippen LogP contribution in [-0.2, 0) is 9.59 Å². The van der Waals surface area contributed by atoms with Crippen molar-refractivity contribution in [2.45, 2.75) is 37.4 Å². The molecule has 25 heavy (non-hydrogen) atoms. The molecular formula is C18H27N5O2. The van der Waals surface area contributed by atoms with E-state index in [1.807, 2.05) is 18.2 Å². The minimum absolute atomic E-state index is 0.0377. The molecule has 136 valence electrons. The van der Waals surface area contributed by atoms with Crippen molar-refractivity contribution in [3.05, 3.63) is 35.9 Å². The zero-order valence-electron chi connectivity index (χ0n) is 14.6. The van der Waals surface area contributed by atoms with E-state index < -0.39 is 0 Å². The van der Waals surface area contributed by atoms with Crippen LogP contribution in [0.2, 0.25) is 0 Å². The SMILES string of the molecule is CNC(=O)CN1CCC(NC(=O)C2CC(c3ccccc3)NN2)CC1. The Hall–Kier alpha value is -1.96. The van der Waals surface area contributed by atoms with E-state index in [0.717, 1.165) is 32.4 Å². The van der Waals surface area contributed by atoms with E-state index in [0.29, 0.717) is 6.54 Å². The van der Waals surface area contributed by atoms with E-state index in [2.05, 4.69) is 38.5 Å². The minimum atomic E-state index is -0.214. The summed E-state index contributed by atoms with van der Waals surface area (Å²) in [5, 5.41) is 5.80. The van der Waals surface area contributed by atoms with Crippen molar-refractivity contribution < 1.29 is 9.59 Å². The van der Waals surface area contributed by atoms with Crippen LogP contribution < -0.4 is 21.5 Å². The Balaban J connectivity index is 1.42. The molecule has 2 unspecified atom stereocenters. The highest BCUT2D eigenvalue weighted by Gasteiger charge is 2.31. The van der Waals surface area contributed by atoms with Gasteiger partial charge in [0.25, 0.3) is 0 Å². The molecule has 0 spiro atoms. The number of hydrogen-bond acceptors (Lipinski definition) is 5. The van der Waals surface area contributed by atoms with Crippen molar-refractivity contribution in [1.29, 1.82) is 0 Å². The predicted octanol–water partition coefficient (Wildman–Crippen LogP) is -0.0792. The van der Waals surface area contributed by atoms with Gasteiger partial charge in [-0.15, -0.1) is 0 Å². The second kappa shape index (κ2) is 8.42. The van der Waals surface area contributed by atoms with Crippen LogP contribution in [0, 0.1) is 0 Å². The van der Waals surface area contributed by atoms with Gasteiger partial charge in [-0.2, -0.15) is 0 Å². The van der Waals surface area contributed by atoms with E-state index in [9.17, 15) is 9.59 Å². The summed E-state index contributed by atoms with van der Waals surface area (Å²) in [7, 11) is 1.65. The summed E-state index contributed by atoms with van der Waals surface area (Å²) in [5.74, 6) is 0.0892. The van der Waals surface area contributed by atoms with E-state index in [4.69, 9.17) is 0 Å². The first-order valence-electron chi connectivity index (χ1n) is 8.95. The van der Waals surface area contributed by atoms with Gasteiger partial charge in [0.05, 0.1) is 6.54 Å². The number of rotatable bonds is 5. The molecule has 2 fully saturated rings. The van der Waals surface area contributed by atoms with Crippen molar-refractivity contribution in [3.63, 3.8) is 0 Å². The van der Waals surface area contributed by atoms with E-state index in [-0.39, 0.29) is 29.9 Å². The van der Waals surface area contributed by atoms with E-state index >= 15 is 0 Å². The number of nitrogens with zero attached hydrogens (tertiary/aromatic N) is 1. The molecule has 2 atom stereocenters. The van der Waals surface area contributed by atoms with Crippen LogP contribution in [0.5, 0.6) is 0 Å². The normalized spacial score (nSPS) is 24.8. The van der Waals surface area contributed by atoms with Crippen LogP contribution in [0.15, 0.2) is 30.3 Å². The lowest BCUT2D eigenvalue weighted by molar-refractivity contribution is -0.125. The highest BCUT2D eigenvalue weighted by molar-refractivity contribution is 5.82. The number of piperidine rings is 1. The van der Waals surface area contributed by atoms with Gasteiger partial charge >= 0.3 is 0 Å². The van der Waals surface area contributed by atoms with Gasteiger partial charge in [-0.05, 0) is 24.8 Å². The number of benzene rings is 1. The molecule has 1 aromatic carbocycles. The highest BCUT2D eigenvalue weighted by atomic mass is 16.2. The lowest BCUT2D eigenvalue weighted by atomic mass is 10.0. The van der Waals surface area contributed by atoms with E-state index in [1.165, 1.54) is 5.56 Å². The van der Waals surface area contributed by atoms with E-state index in [1.54, 1.807) is 7.05 Å². The first kappa shape index (κ1) is 17.8. The fourth-order valence-corrected chi connectivity index (χ4v) is 3.45. The summed E-state index contributed by atoms with van der Waals surface area (Å²) in [4.78, 5) is 26.1. The van der Waals surface area contributed by atoms with Gasteiger partial charge in [0.15, 0.2) is 0 Å². The maximum Gasteiger partial charge on any atom is 0.238 e. The molecule has 2 aliphatic heterocycles. The molecule has 0 bridgehead atoms. The Morgan fingerprint density at radius 2 is 1.88 bits per heavy atom. The van der Waals surface area contributed by atoms with Gasteiger partial charge in [0.1, 0.15) is 6.04 Å². The Morgan fingerprint density at radius 1 is 1.16 bits per heavy atom. The summed E-state index contributed by atoms with van der Waals surface area (Å²) in [6, 6.07) is 10.3. The summed E-state index contributed by atoms with van der Waals surface area (Å²) in [6.45, 7) is 2.10. The number of hydrazine groups is 1. The molecule has 2 heterocycles. The topological polar surface area (TPSA) is 85.5 Å². The molecule has 0 saturated carbocycles. The second-order valence-corrected chi connectivity index (χ2v) is 6.77. The summed E-state index contributed by atoms with van der Waals surface area (Å²) < 4.78 is 0. The average molecular weight is 345 g/mol. The molecule has 0 aliphatic carbocycles. The molecule has 1 aromatic rings. The van der Waals surface area contributed by atoms with Crippen molar-refractivity contribution in [1.82, 2.24) is 26.4 Å². The smallest absolute Gasteiger partial charge is 0.238 e. The summed E-state index contributed by atoms with van der Waals surface area (Å²) in [6.07, 6.45) is 2.50. The first-order valence-corrected chi connectivity index (χ1v) is 8.95. The van der Waals surface area contributed by atoms with Crippen LogP contribution in [0.4, 0.5) is 0 Å². The van der Waals surface area contributed by atoms with Crippen LogP contribution in [-0.4, -0.2) is 55.5 Å². The third-order valence-electron chi connectivity index (χ3n) is 5.00. The monoisotopic (exact) mass is 345 g/mol. The Kier molecular flexibility index (Phi) is 6.01. The van der Waals surface area contributed by atoms with Crippen LogP contribution in [0.3, 0.4) is 0 Å². The van der Waals surface area contributed by atoms with Crippen molar-refractivity contribution in [3.8, 4) is 0 Å². The quantitative estimate of drug-likeness (QED) is 0.600. The first-order chi connectivity index (χ1) is 12.2. The number of amides is 2. The van der Waals surface area contributed by atoms with Gasteiger partial charge in [-0.1, -0.05) is 30.3 Å². The highest BCUT2D eigenvalue weighted by Crippen LogP contribution is 2.22. The van der Waals surface area contributed by atoms with Gasteiger partial charge in [-0.3, -0.25) is 14.5 Å². The van der Waals surface area contributed by atoms with Crippen molar-refractivity contribution in [2.24, 2.45) is 0 Å². The lowest BCUT2D eigenvalue weighted by Crippen LogP contribution is -2.51. The largest absolute Gasteiger partial charge is 0.358 e. The molecule has 7 nitrogen and oxygen atoms in total. The molecular weight excluding hydrogens is 318 g/mol. The Labute approximate surface area is 148 Å². The van der Waals surface area contributed by atoms with Crippen LogP contribution >= 0.6 is 0 Å². The van der Waals surface area contributed by atoms with Gasteiger partial charge in [-0.25, -0.2) is 10.9 Å². The maximum absolute atomic E-state index is 12.5. The maximum atomic E-state index is 12.5. The number of hydrogen-bond donors (Lipinski definition) is 4. The van der Waals surface area contributed by atoms with Gasteiger partial charge in [0.2, 0.25) is 11.8 Å². The number of carbonyl (C=O) groups is 2. The Bertz CT molecular complexity index is 586. The van der Waals surface area contributed by atoms with Gasteiger partial charge in [0, 0.05) is 32.2 Å². The molecule has 7 heteroatoms. The fraction of sp³-hybridized carbons (Fsp3) is 0.556. The van der Waals surface area contributed by atoms with Crippen LogP contribution in [0.1, 0.15) is 30.9 Å². The summed E-state index contributed by atoms with van der Waals surface area (Å²) >= 11 is 0. The molecule has 2 amide bonds. The van der Waals surface area contributed by atoms with Crippen molar-refractivity contribution >= 4 is 11.8 Å². The number of nitrogens with one attached hydrogen (secondary N) is 4. The second-order valence-electron chi connectivity index (χ2n) is 6.77. The zero-order chi connectivity index (χ0) is 17.6. The number of carbonyl (C=O) groups excluding carboxylic acids is 2. The molecule has 0 aromatic heterocycles. The molecule has 4 N–H and O–H groups in total. The molecule has 0 radical (unpaired) electrons. The average Bonchev–Trinajstić information content (AvgIpc) is 3.14. The fourth-order valence-electron chi connectivity index (χ4n) is 3.45. The standard InChI is InChI=1S/C18H27N5O2/c1-19-17(24)12-23-9-7-14(8-10-23)20-18(25)16-11-15(21-22-16)13-5-3-2-4-6-13/h2-6,14-16,21-22H,7-12H2,1H3,(H,19,24)(H,20,25). The zero-order valence-corrected chi connectivity index (χ0v) is 14.6. The third-order valence-corrected chi connectivity index (χ3v) is 5.00. The number of likely N-dealkylation sites (N-methyl/N-ethyl adjacent to an activating group) is 1. The number of likely N-dealkylation sites (tertiary alicyclic amines) is 1. The minimum Gasteiger partial charge on any atom is -0.358 e. The van der Waals surface area contributed by atoms with Gasteiger partial charge < -0.3 is 10.6 Å². The van der Waals surface area contributed by atoms with Crippen molar-refractivity contribution in [2.75, 3.05) is 26.7 Å². The third kappa shape index (κ3) is 4.78. The predicted molar refractivity (Wildman–Crippen MR) is 95.5 cm³/mol. The lowest BCUT2D eigenvalue weighted by Gasteiger charge is -2.32. The van der Waals surface area contributed by atoms with Crippen LogP contribution in [0.25, 0.3) is 0 Å².